The first kappa shape index (κ1) is 20.2. The van der Waals surface area contributed by atoms with Gasteiger partial charge < -0.3 is 20.5 Å². The Morgan fingerprint density at radius 1 is 1.25 bits per heavy atom. The Morgan fingerprint density at radius 2 is 1.96 bits per heavy atom. The summed E-state index contributed by atoms with van der Waals surface area (Å²) in [4.78, 5) is 30.5. The minimum Gasteiger partial charge on any atom is -0.356 e. The summed E-state index contributed by atoms with van der Waals surface area (Å²) in [6.45, 7) is 10.8. The van der Waals surface area contributed by atoms with E-state index in [9.17, 15) is 9.59 Å². The Bertz CT molecular complexity index is 863. The number of rotatable bonds is 4. The Balaban J connectivity index is 1.78. The summed E-state index contributed by atoms with van der Waals surface area (Å²) in [5.74, 6) is 0.411. The van der Waals surface area contributed by atoms with Gasteiger partial charge in [0.2, 0.25) is 5.91 Å². The number of nitrogens with zero attached hydrogens (tertiary/aromatic N) is 1. The first-order chi connectivity index (χ1) is 13.2. The third-order valence-corrected chi connectivity index (χ3v) is 5.06. The zero-order valence-electron chi connectivity index (χ0n) is 17.6. The zero-order valence-corrected chi connectivity index (χ0v) is 17.6. The fourth-order valence-electron chi connectivity index (χ4n) is 3.95. The van der Waals surface area contributed by atoms with Gasteiger partial charge in [-0.15, -0.1) is 0 Å². The summed E-state index contributed by atoms with van der Waals surface area (Å²) in [5, 5.41) is 6.79. The molecule has 1 aromatic heterocycles. The molecule has 28 heavy (non-hydrogen) atoms. The number of aromatic amines is 1. The molecular weight excluding hydrogens is 352 g/mol. The summed E-state index contributed by atoms with van der Waals surface area (Å²) >= 11 is 0. The van der Waals surface area contributed by atoms with Crippen LogP contribution in [0.25, 0.3) is 10.9 Å². The van der Waals surface area contributed by atoms with Crippen LogP contribution in [0, 0.1) is 5.92 Å². The van der Waals surface area contributed by atoms with Gasteiger partial charge in [0.25, 0.3) is 0 Å². The number of benzene rings is 1. The van der Waals surface area contributed by atoms with Gasteiger partial charge in [-0.25, -0.2) is 4.79 Å². The molecule has 3 N–H and O–H groups in total. The van der Waals surface area contributed by atoms with Gasteiger partial charge in [0.15, 0.2) is 0 Å². The molecule has 152 valence electrons. The second-order valence-corrected chi connectivity index (χ2v) is 9.10. The number of fused-ring (bicyclic) bond motifs is 3. The van der Waals surface area contributed by atoms with Crippen molar-refractivity contribution >= 4 is 22.8 Å². The van der Waals surface area contributed by atoms with Crippen molar-refractivity contribution in [1.29, 1.82) is 0 Å². The summed E-state index contributed by atoms with van der Waals surface area (Å²) in [7, 11) is 0. The number of hydrogen-bond donors (Lipinski definition) is 3. The summed E-state index contributed by atoms with van der Waals surface area (Å²) in [6.07, 6.45) is 1.72. The van der Waals surface area contributed by atoms with Crippen LogP contribution in [0.5, 0.6) is 0 Å². The minimum atomic E-state index is -0.336. The van der Waals surface area contributed by atoms with Gasteiger partial charge >= 0.3 is 6.03 Å². The van der Waals surface area contributed by atoms with Crippen molar-refractivity contribution in [2.75, 3.05) is 13.1 Å². The van der Waals surface area contributed by atoms with Gasteiger partial charge in [-0.3, -0.25) is 4.79 Å². The van der Waals surface area contributed by atoms with E-state index in [2.05, 4.69) is 47.7 Å². The molecule has 1 unspecified atom stereocenters. The molecule has 6 heteroatoms. The normalized spacial score (nSPS) is 16.9. The highest BCUT2D eigenvalue weighted by Gasteiger charge is 2.33. The number of carbonyl (C=O) groups is 2. The molecule has 6 nitrogen and oxygen atoms in total. The number of nitrogens with one attached hydrogen (secondary N) is 3. The molecule has 3 rings (SSSR count). The van der Waals surface area contributed by atoms with Crippen molar-refractivity contribution < 1.29 is 9.59 Å². The fraction of sp³-hybridized carbons (Fsp3) is 0.545. The highest BCUT2D eigenvalue weighted by molar-refractivity contribution is 5.87. The molecule has 0 saturated carbocycles. The predicted octanol–water partition coefficient (Wildman–Crippen LogP) is 3.74. The monoisotopic (exact) mass is 384 g/mol. The average molecular weight is 385 g/mol. The number of aromatic nitrogens is 1. The average Bonchev–Trinajstić information content (AvgIpc) is 2.97. The molecule has 1 atom stereocenters. The maximum Gasteiger partial charge on any atom is 0.315 e. The Kier molecular flexibility index (Phi) is 5.68. The van der Waals surface area contributed by atoms with Crippen LogP contribution in [0.15, 0.2) is 24.3 Å². The van der Waals surface area contributed by atoms with E-state index in [0.29, 0.717) is 12.5 Å². The summed E-state index contributed by atoms with van der Waals surface area (Å²) < 4.78 is 0. The van der Waals surface area contributed by atoms with Crippen LogP contribution in [0.3, 0.4) is 0 Å². The van der Waals surface area contributed by atoms with E-state index in [1.807, 2.05) is 31.7 Å². The number of urea groups is 1. The van der Waals surface area contributed by atoms with Crippen molar-refractivity contribution in [3.63, 3.8) is 0 Å². The maximum atomic E-state index is 13.0. The summed E-state index contributed by atoms with van der Waals surface area (Å²) in [6, 6.07) is 8.02. The Morgan fingerprint density at radius 3 is 2.64 bits per heavy atom. The largest absolute Gasteiger partial charge is 0.356 e. The molecule has 0 fully saturated rings. The molecule has 2 heterocycles. The molecular formula is C22H32N4O2. The zero-order chi connectivity index (χ0) is 20.5. The van der Waals surface area contributed by atoms with Crippen LogP contribution in [0.2, 0.25) is 0 Å². The number of para-hydroxylation sites is 1. The van der Waals surface area contributed by atoms with Crippen LogP contribution in [-0.4, -0.2) is 40.5 Å². The third kappa shape index (κ3) is 4.49. The van der Waals surface area contributed by atoms with E-state index in [4.69, 9.17) is 0 Å². The van der Waals surface area contributed by atoms with Crippen LogP contribution in [0.4, 0.5) is 4.79 Å². The molecule has 0 aliphatic carbocycles. The van der Waals surface area contributed by atoms with Gasteiger partial charge in [-0.05, 0) is 51.2 Å². The number of H-pyrrole nitrogens is 1. The topological polar surface area (TPSA) is 77.2 Å². The molecule has 1 aromatic carbocycles. The molecule has 0 bridgehead atoms. The lowest BCUT2D eigenvalue weighted by Crippen LogP contribution is -2.50. The van der Waals surface area contributed by atoms with Crippen molar-refractivity contribution in [1.82, 2.24) is 20.5 Å². The standard InChI is InChI=1S/C22H32N4O2/c1-14(2)12-18-20-16(15-8-6-7-9-17(15)24-20)10-11-26(18)19(27)13-23-21(28)25-22(3,4)5/h6-9,14,18,24H,10-13H2,1-5H3,(H2,23,25,28). The van der Waals surface area contributed by atoms with Crippen molar-refractivity contribution in [3.05, 3.63) is 35.5 Å². The van der Waals surface area contributed by atoms with E-state index >= 15 is 0 Å². The molecule has 0 radical (unpaired) electrons. The van der Waals surface area contributed by atoms with Crippen LogP contribution in [-0.2, 0) is 11.2 Å². The third-order valence-electron chi connectivity index (χ3n) is 5.06. The number of amides is 3. The van der Waals surface area contributed by atoms with Crippen LogP contribution in [0.1, 0.15) is 58.3 Å². The lowest BCUT2D eigenvalue weighted by Gasteiger charge is -2.37. The van der Waals surface area contributed by atoms with E-state index in [0.717, 1.165) is 24.1 Å². The van der Waals surface area contributed by atoms with Gasteiger partial charge in [-0.2, -0.15) is 0 Å². The van der Waals surface area contributed by atoms with Gasteiger partial charge in [0.1, 0.15) is 0 Å². The minimum absolute atomic E-state index is 0.00602. The van der Waals surface area contributed by atoms with E-state index in [1.165, 1.54) is 10.9 Å². The Labute approximate surface area is 167 Å². The van der Waals surface area contributed by atoms with Gasteiger partial charge in [-0.1, -0.05) is 32.0 Å². The summed E-state index contributed by atoms with van der Waals surface area (Å²) in [5.41, 5.74) is 3.26. The maximum absolute atomic E-state index is 13.0. The highest BCUT2D eigenvalue weighted by atomic mass is 16.2. The number of carbonyl (C=O) groups excluding carboxylic acids is 2. The van der Waals surface area contributed by atoms with E-state index in [1.54, 1.807) is 0 Å². The van der Waals surface area contributed by atoms with Crippen molar-refractivity contribution in [2.24, 2.45) is 5.92 Å². The predicted molar refractivity (Wildman–Crippen MR) is 112 cm³/mol. The molecule has 0 saturated heterocycles. The van der Waals surface area contributed by atoms with Crippen LogP contribution < -0.4 is 10.6 Å². The van der Waals surface area contributed by atoms with E-state index in [-0.39, 0.29) is 30.1 Å². The first-order valence-electron chi connectivity index (χ1n) is 10.1. The Hall–Kier alpha value is -2.50. The second-order valence-electron chi connectivity index (χ2n) is 9.10. The van der Waals surface area contributed by atoms with Crippen LogP contribution >= 0.6 is 0 Å². The lowest BCUT2D eigenvalue weighted by molar-refractivity contribution is -0.133. The van der Waals surface area contributed by atoms with Crippen molar-refractivity contribution in [2.45, 2.75) is 59.0 Å². The smallest absolute Gasteiger partial charge is 0.315 e. The second kappa shape index (κ2) is 7.86. The van der Waals surface area contributed by atoms with Gasteiger partial charge in [0, 0.05) is 28.7 Å². The molecule has 1 aliphatic rings. The van der Waals surface area contributed by atoms with E-state index < -0.39 is 0 Å². The lowest BCUT2D eigenvalue weighted by atomic mass is 9.91. The number of hydrogen-bond acceptors (Lipinski definition) is 2. The fourth-order valence-corrected chi connectivity index (χ4v) is 3.95. The van der Waals surface area contributed by atoms with Gasteiger partial charge in [0.05, 0.1) is 12.6 Å². The molecule has 0 spiro atoms. The quantitative estimate of drug-likeness (QED) is 0.751. The molecule has 3 amide bonds. The van der Waals surface area contributed by atoms with Crippen molar-refractivity contribution in [3.8, 4) is 0 Å². The molecule has 1 aliphatic heterocycles. The highest BCUT2D eigenvalue weighted by Crippen LogP contribution is 2.37. The SMILES string of the molecule is CC(C)CC1c2[nH]c3ccccc3c2CCN1C(=O)CNC(=O)NC(C)(C)C. The molecule has 2 aromatic rings. The first-order valence-corrected chi connectivity index (χ1v) is 10.1.